The van der Waals surface area contributed by atoms with Crippen LogP contribution in [0.1, 0.15) is 37.3 Å². The Hall–Kier alpha value is -5.45. The van der Waals surface area contributed by atoms with Crippen LogP contribution in [0.5, 0.6) is 34.5 Å². The number of carbonyl (C=O) groups excluding carboxylic acids is 1. The second-order valence-corrected chi connectivity index (χ2v) is 10.9. The number of aromatic hydroxyl groups is 4. The van der Waals surface area contributed by atoms with Crippen LogP contribution in [0.2, 0.25) is 0 Å². The van der Waals surface area contributed by atoms with E-state index in [1.54, 1.807) is 28.8 Å². The summed E-state index contributed by atoms with van der Waals surface area (Å²) in [6.07, 6.45) is -0.279. The van der Waals surface area contributed by atoms with E-state index < -0.39 is 40.3 Å². The average molecular weight is 586 g/mol. The summed E-state index contributed by atoms with van der Waals surface area (Å²) in [5.74, 6) is -3.85. The number of ether oxygens (including phenoxy) is 2. The molecule has 0 spiro atoms. The number of hydrogen-bond donors (Lipinski definition) is 4. The van der Waals surface area contributed by atoms with E-state index in [0.29, 0.717) is 23.2 Å². The summed E-state index contributed by atoms with van der Waals surface area (Å²) in [6.45, 7) is 4.33. The number of methoxy groups -OCH3 is 1. The molecule has 0 saturated heterocycles. The number of hydrogen-bond acceptors (Lipinski definition) is 10. The monoisotopic (exact) mass is 585 g/mol. The third-order valence-corrected chi connectivity index (χ3v) is 7.55. The highest BCUT2D eigenvalue weighted by Gasteiger charge is 2.36. The number of rotatable bonds is 5. The fraction of sp³-hybridized carbons (Fsp3) is 0.219. The topological polar surface area (TPSA) is 169 Å². The van der Waals surface area contributed by atoms with Crippen molar-refractivity contribution in [3.8, 4) is 45.8 Å². The largest absolute Gasteiger partial charge is 0.507 e. The molecule has 2 aromatic heterocycles. The van der Waals surface area contributed by atoms with Gasteiger partial charge in [-0.2, -0.15) is 0 Å². The number of phenols is 3. The van der Waals surface area contributed by atoms with Gasteiger partial charge in [-0.05, 0) is 48.4 Å². The molecule has 1 aliphatic rings. The third kappa shape index (κ3) is 4.49. The molecule has 0 aliphatic carbocycles. The molecule has 1 aliphatic heterocycles. The number of carbonyl (C=O) groups is 1. The van der Waals surface area contributed by atoms with Crippen molar-refractivity contribution in [1.29, 1.82) is 0 Å². The molecule has 43 heavy (non-hydrogen) atoms. The maximum absolute atomic E-state index is 14.1. The lowest BCUT2D eigenvalue weighted by atomic mass is 9.85. The number of aromatic nitrogens is 1. The fourth-order valence-electron chi connectivity index (χ4n) is 5.62. The maximum Gasteiger partial charge on any atom is 0.312 e. The van der Waals surface area contributed by atoms with E-state index in [1.807, 2.05) is 13.8 Å². The van der Waals surface area contributed by atoms with Gasteiger partial charge in [-0.1, -0.05) is 13.8 Å². The van der Waals surface area contributed by atoms with Gasteiger partial charge in [0.25, 0.3) is 5.56 Å². The minimum absolute atomic E-state index is 0.0466. The molecule has 0 radical (unpaired) electrons. The molecule has 11 heteroatoms. The van der Waals surface area contributed by atoms with Gasteiger partial charge in [0.05, 0.1) is 19.0 Å². The molecule has 4 N–H and O–H groups in total. The van der Waals surface area contributed by atoms with Gasteiger partial charge in [0.1, 0.15) is 28.2 Å². The van der Waals surface area contributed by atoms with E-state index in [4.69, 9.17) is 13.9 Å². The lowest BCUT2D eigenvalue weighted by molar-refractivity contribution is -0.135. The van der Waals surface area contributed by atoms with Crippen LogP contribution in [0.25, 0.3) is 33.2 Å². The predicted molar refractivity (Wildman–Crippen MR) is 156 cm³/mol. The first-order valence-electron chi connectivity index (χ1n) is 13.5. The van der Waals surface area contributed by atoms with Crippen LogP contribution in [0.15, 0.2) is 62.5 Å². The Labute approximate surface area is 243 Å². The van der Waals surface area contributed by atoms with Crippen molar-refractivity contribution in [2.45, 2.75) is 32.7 Å². The maximum atomic E-state index is 14.1. The zero-order chi connectivity index (χ0) is 30.7. The molecule has 5 aromatic rings. The van der Waals surface area contributed by atoms with E-state index in [0.717, 1.165) is 18.2 Å². The molecule has 0 amide bonds. The van der Waals surface area contributed by atoms with E-state index in [1.165, 1.54) is 13.2 Å². The van der Waals surface area contributed by atoms with Gasteiger partial charge in [-0.15, -0.1) is 0 Å². The minimum Gasteiger partial charge on any atom is -0.507 e. The van der Waals surface area contributed by atoms with Gasteiger partial charge in [0, 0.05) is 40.6 Å². The van der Waals surface area contributed by atoms with E-state index in [9.17, 15) is 34.8 Å². The number of nitrogens with zero attached hydrogens (tertiary/aromatic N) is 1. The Kier molecular flexibility index (Phi) is 6.52. The Morgan fingerprint density at radius 1 is 0.953 bits per heavy atom. The van der Waals surface area contributed by atoms with Crippen molar-refractivity contribution >= 4 is 27.8 Å². The summed E-state index contributed by atoms with van der Waals surface area (Å²) in [5.41, 5.74) is -0.453. The van der Waals surface area contributed by atoms with Crippen LogP contribution in [0.4, 0.5) is 0 Å². The van der Waals surface area contributed by atoms with E-state index >= 15 is 0 Å². The van der Waals surface area contributed by atoms with E-state index in [2.05, 4.69) is 0 Å². The normalized spacial score (nSPS) is 14.7. The number of pyridine rings is 1. The highest BCUT2D eigenvalue weighted by Crippen LogP contribution is 2.47. The lowest BCUT2D eigenvalue weighted by Crippen LogP contribution is -2.31. The van der Waals surface area contributed by atoms with E-state index in [-0.39, 0.29) is 57.1 Å². The first-order valence-corrected chi connectivity index (χ1v) is 13.5. The second-order valence-electron chi connectivity index (χ2n) is 10.9. The Morgan fingerprint density at radius 2 is 1.72 bits per heavy atom. The fourth-order valence-corrected chi connectivity index (χ4v) is 5.62. The molecule has 1 atom stereocenters. The first-order chi connectivity index (χ1) is 20.5. The van der Waals surface area contributed by atoms with Crippen LogP contribution in [-0.2, 0) is 11.3 Å². The van der Waals surface area contributed by atoms with Crippen molar-refractivity contribution in [1.82, 2.24) is 4.57 Å². The van der Waals surface area contributed by atoms with Crippen LogP contribution < -0.4 is 20.5 Å². The van der Waals surface area contributed by atoms with Crippen LogP contribution in [-0.4, -0.2) is 38.1 Å². The molecule has 0 bridgehead atoms. The summed E-state index contributed by atoms with van der Waals surface area (Å²) in [6, 6.07) is 11.6. The highest BCUT2D eigenvalue weighted by atomic mass is 16.5. The quantitative estimate of drug-likeness (QED) is 0.129. The molecular weight excluding hydrogens is 558 g/mol. The van der Waals surface area contributed by atoms with Crippen LogP contribution in [0.3, 0.4) is 0 Å². The van der Waals surface area contributed by atoms with Crippen molar-refractivity contribution < 1.29 is 39.1 Å². The van der Waals surface area contributed by atoms with Crippen molar-refractivity contribution in [3.63, 3.8) is 0 Å². The summed E-state index contributed by atoms with van der Waals surface area (Å²) in [4.78, 5) is 40.4. The number of fused-ring (bicyclic) bond motifs is 4. The van der Waals surface area contributed by atoms with Gasteiger partial charge >= 0.3 is 5.97 Å². The second kappa shape index (κ2) is 10.1. The molecule has 3 heterocycles. The van der Waals surface area contributed by atoms with Gasteiger partial charge in [-0.3, -0.25) is 14.4 Å². The lowest BCUT2D eigenvalue weighted by Gasteiger charge is -2.27. The standard InChI is InChI=1S/C32H27NO10/c1-14(2)13-33-20-6-5-17(41-3)8-16(20)9-19(32(33)40)18-11-25(37)42-24-12-23(36)27-28(38)29(39)30(43-31(27)26(18)24)15-4-7-21(34)22(35)10-15/h4-10,12,14,18,34-36,39H,11,13H2,1-3H3/t18-/m1/s1. The van der Waals surface area contributed by atoms with Crippen LogP contribution >= 0.6 is 0 Å². The van der Waals surface area contributed by atoms with Gasteiger partial charge in [0.15, 0.2) is 17.3 Å². The summed E-state index contributed by atoms with van der Waals surface area (Å²) in [7, 11) is 1.53. The minimum atomic E-state index is -0.986. The molecule has 6 rings (SSSR count). The average Bonchev–Trinajstić information content (AvgIpc) is 2.96. The third-order valence-electron chi connectivity index (χ3n) is 7.55. The molecule has 0 fully saturated rings. The number of phenolic OH excluding ortho intramolecular Hbond substituents is 3. The zero-order valence-electron chi connectivity index (χ0n) is 23.4. The molecule has 220 valence electrons. The van der Waals surface area contributed by atoms with Crippen molar-refractivity contribution in [2.24, 2.45) is 5.92 Å². The highest BCUT2D eigenvalue weighted by molar-refractivity contribution is 5.94. The summed E-state index contributed by atoms with van der Waals surface area (Å²) < 4.78 is 18.5. The molecule has 11 nitrogen and oxygen atoms in total. The molecular formula is C32H27NO10. The first kappa shape index (κ1) is 27.7. The van der Waals surface area contributed by atoms with Crippen LogP contribution in [0, 0.1) is 5.92 Å². The summed E-state index contributed by atoms with van der Waals surface area (Å²) in [5, 5.41) is 41.7. The van der Waals surface area contributed by atoms with Gasteiger partial charge < -0.3 is 38.9 Å². The molecule has 3 aromatic carbocycles. The van der Waals surface area contributed by atoms with Gasteiger partial charge in [0.2, 0.25) is 11.2 Å². The predicted octanol–water partition coefficient (Wildman–Crippen LogP) is 4.70. The zero-order valence-corrected chi connectivity index (χ0v) is 23.4. The smallest absolute Gasteiger partial charge is 0.312 e. The molecule has 0 unspecified atom stereocenters. The Bertz CT molecular complexity index is 2090. The van der Waals surface area contributed by atoms with Crippen molar-refractivity contribution in [2.75, 3.05) is 7.11 Å². The Morgan fingerprint density at radius 3 is 2.42 bits per heavy atom. The van der Waals surface area contributed by atoms with Crippen molar-refractivity contribution in [3.05, 3.63) is 80.2 Å². The Balaban J connectivity index is 1.70. The number of esters is 1. The number of benzene rings is 3. The van der Waals surface area contributed by atoms with Gasteiger partial charge in [-0.25, -0.2) is 0 Å². The SMILES string of the molecule is COc1ccc2c(c1)cc([C@H]1CC(=O)Oc3cc(O)c4c(=O)c(O)c(-c5ccc(O)c(O)c5)oc4c31)c(=O)n2CC(C)C. The molecule has 0 saturated carbocycles. The summed E-state index contributed by atoms with van der Waals surface area (Å²) >= 11 is 0.